The summed E-state index contributed by atoms with van der Waals surface area (Å²) < 4.78 is 0. The van der Waals surface area contributed by atoms with E-state index in [4.69, 9.17) is 5.73 Å². The quantitative estimate of drug-likeness (QED) is 0.781. The van der Waals surface area contributed by atoms with Gasteiger partial charge in [0, 0.05) is 6.04 Å². The molecule has 1 saturated heterocycles. The summed E-state index contributed by atoms with van der Waals surface area (Å²) in [5.41, 5.74) is 5.29. The third-order valence-corrected chi connectivity index (χ3v) is 5.46. The Hall–Kier alpha value is -0.610. The first-order chi connectivity index (χ1) is 9.60. The maximum absolute atomic E-state index is 12.0. The number of nitrogens with two attached hydrogens (primary N) is 1. The highest BCUT2D eigenvalue weighted by Crippen LogP contribution is 2.38. The largest absolute Gasteiger partial charge is 0.368 e. The summed E-state index contributed by atoms with van der Waals surface area (Å²) in [4.78, 5) is 14.6. The Morgan fingerprint density at radius 2 is 2.15 bits per heavy atom. The van der Waals surface area contributed by atoms with Gasteiger partial charge >= 0.3 is 0 Å². The molecule has 4 nitrogen and oxygen atoms in total. The lowest BCUT2D eigenvalue weighted by Gasteiger charge is -2.37. The Kier molecular flexibility index (Phi) is 5.44. The highest BCUT2D eigenvalue weighted by Gasteiger charge is 2.46. The Bertz CT molecular complexity index is 334. The standard InChI is InChI=1S/C16H31N3O/c1-3-18-16(15(17)20)10-6-8-14(16)9-12-19-11-5-4-7-13(19)2/h13-14,18H,3-12H2,1-2H3,(H2,17,20). The summed E-state index contributed by atoms with van der Waals surface area (Å²) in [5.74, 6) is 0.266. The third-order valence-electron chi connectivity index (χ3n) is 5.46. The molecule has 2 fully saturated rings. The molecule has 0 bridgehead atoms. The van der Waals surface area contributed by atoms with Gasteiger partial charge in [-0.3, -0.25) is 4.79 Å². The van der Waals surface area contributed by atoms with Crippen LogP contribution < -0.4 is 11.1 Å². The van der Waals surface area contributed by atoms with Crippen molar-refractivity contribution in [3.8, 4) is 0 Å². The van der Waals surface area contributed by atoms with Crippen molar-refractivity contribution in [1.29, 1.82) is 0 Å². The van der Waals surface area contributed by atoms with Gasteiger partial charge in [-0.1, -0.05) is 19.8 Å². The van der Waals surface area contributed by atoms with E-state index < -0.39 is 5.54 Å². The minimum Gasteiger partial charge on any atom is -0.368 e. The van der Waals surface area contributed by atoms with Crippen LogP contribution in [0.2, 0.25) is 0 Å². The van der Waals surface area contributed by atoms with Crippen LogP contribution in [0.1, 0.15) is 58.8 Å². The SMILES string of the molecule is CCNC1(C(N)=O)CCCC1CCN1CCCCC1C. The Labute approximate surface area is 123 Å². The number of hydrogen-bond donors (Lipinski definition) is 2. The number of nitrogens with zero attached hydrogens (tertiary/aromatic N) is 1. The van der Waals surface area contributed by atoms with Crippen molar-refractivity contribution in [1.82, 2.24) is 10.2 Å². The van der Waals surface area contributed by atoms with Gasteiger partial charge in [0.2, 0.25) is 5.91 Å². The van der Waals surface area contributed by atoms with Gasteiger partial charge in [-0.15, -0.1) is 0 Å². The number of likely N-dealkylation sites (tertiary alicyclic amines) is 1. The van der Waals surface area contributed by atoms with E-state index in [9.17, 15) is 4.79 Å². The number of carbonyl (C=O) groups excluding carboxylic acids is 1. The van der Waals surface area contributed by atoms with Crippen LogP contribution >= 0.6 is 0 Å². The number of likely N-dealkylation sites (N-methyl/N-ethyl adjacent to an activating group) is 1. The topological polar surface area (TPSA) is 58.4 Å². The third kappa shape index (κ3) is 3.17. The van der Waals surface area contributed by atoms with Crippen molar-refractivity contribution in [2.24, 2.45) is 11.7 Å². The summed E-state index contributed by atoms with van der Waals surface area (Å²) in [6.45, 7) is 7.55. The molecule has 0 radical (unpaired) electrons. The lowest BCUT2D eigenvalue weighted by atomic mass is 9.83. The Balaban J connectivity index is 1.94. The molecule has 0 aromatic heterocycles. The first kappa shape index (κ1) is 15.8. The van der Waals surface area contributed by atoms with Gasteiger partial charge in [0.05, 0.1) is 0 Å². The van der Waals surface area contributed by atoms with Gasteiger partial charge in [0.15, 0.2) is 0 Å². The lowest BCUT2D eigenvalue weighted by Crippen LogP contribution is -2.58. The molecule has 1 saturated carbocycles. The Morgan fingerprint density at radius 3 is 2.80 bits per heavy atom. The monoisotopic (exact) mass is 281 g/mol. The van der Waals surface area contributed by atoms with E-state index in [-0.39, 0.29) is 5.91 Å². The minimum absolute atomic E-state index is 0.145. The maximum atomic E-state index is 12.0. The van der Waals surface area contributed by atoms with Gasteiger partial charge in [-0.2, -0.15) is 0 Å². The second kappa shape index (κ2) is 6.90. The minimum atomic E-state index is -0.437. The zero-order chi connectivity index (χ0) is 14.6. The normalized spacial score (nSPS) is 35.3. The Morgan fingerprint density at radius 1 is 1.35 bits per heavy atom. The van der Waals surface area contributed by atoms with E-state index >= 15 is 0 Å². The number of piperidine rings is 1. The number of hydrogen-bond acceptors (Lipinski definition) is 3. The average molecular weight is 281 g/mol. The smallest absolute Gasteiger partial charge is 0.238 e. The lowest BCUT2D eigenvalue weighted by molar-refractivity contribution is -0.126. The fourth-order valence-corrected chi connectivity index (χ4v) is 4.24. The molecule has 1 heterocycles. The van der Waals surface area contributed by atoms with Gasteiger partial charge < -0.3 is 16.0 Å². The molecule has 2 rings (SSSR count). The van der Waals surface area contributed by atoms with E-state index in [2.05, 4.69) is 24.1 Å². The molecule has 0 aromatic rings. The molecule has 1 aliphatic heterocycles. The first-order valence-electron chi connectivity index (χ1n) is 8.39. The van der Waals surface area contributed by atoms with E-state index in [1.54, 1.807) is 0 Å². The predicted octanol–water partition coefficient (Wildman–Crippen LogP) is 1.88. The fraction of sp³-hybridized carbons (Fsp3) is 0.938. The van der Waals surface area contributed by atoms with Crippen LogP contribution in [0.5, 0.6) is 0 Å². The van der Waals surface area contributed by atoms with Gasteiger partial charge in [-0.25, -0.2) is 0 Å². The predicted molar refractivity (Wildman–Crippen MR) is 82.4 cm³/mol. The molecule has 20 heavy (non-hydrogen) atoms. The van der Waals surface area contributed by atoms with Crippen LogP contribution in [-0.2, 0) is 4.79 Å². The van der Waals surface area contributed by atoms with Crippen molar-refractivity contribution >= 4 is 5.91 Å². The fourth-order valence-electron chi connectivity index (χ4n) is 4.24. The van der Waals surface area contributed by atoms with Crippen molar-refractivity contribution in [3.63, 3.8) is 0 Å². The average Bonchev–Trinajstić information content (AvgIpc) is 2.82. The zero-order valence-corrected chi connectivity index (χ0v) is 13.2. The van der Waals surface area contributed by atoms with Gasteiger partial charge in [0.25, 0.3) is 0 Å². The molecule has 0 aromatic carbocycles. The van der Waals surface area contributed by atoms with Crippen LogP contribution in [0, 0.1) is 5.92 Å². The number of carbonyl (C=O) groups is 1. The summed E-state index contributed by atoms with van der Waals surface area (Å²) in [6.07, 6.45) is 8.27. The summed E-state index contributed by atoms with van der Waals surface area (Å²) in [5, 5.41) is 3.41. The molecule has 2 aliphatic rings. The first-order valence-corrected chi connectivity index (χ1v) is 8.39. The van der Waals surface area contributed by atoms with Crippen molar-refractivity contribution < 1.29 is 4.79 Å². The van der Waals surface area contributed by atoms with Crippen molar-refractivity contribution in [2.75, 3.05) is 19.6 Å². The molecule has 1 amide bonds. The molecule has 0 spiro atoms. The van der Waals surface area contributed by atoms with Gasteiger partial charge in [0.1, 0.15) is 5.54 Å². The highest BCUT2D eigenvalue weighted by atomic mass is 16.1. The number of primary amides is 1. The molecule has 4 heteroatoms. The maximum Gasteiger partial charge on any atom is 0.238 e. The van der Waals surface area contributed by atoms with E-state index in [0.717, 1.165) is 38.8 Å². The summed E-state index contributed by atoms with van der Waals surface area (Å²) >= 11 is 0. The van der Waals surface area contributed by atoms with E-state index in [0.29, 0.717) is 12.0 Å². The van der Waals surface area contributed by atoms with Crippen LogP contribution in [-0.4, -0.2) is 42.0 Å². The number of amides is 1. The number of rotatable bonds is 6. The molecule has 1 aliphatic carbocycles. The van der Waals surface area contributed by atoms with Crippen molar-refractivity contribution in [3.05, 3.63) is 0 Å². The van der Waals surface area contributed by atoms with Gasteiger partial charge in [-0.05, 0) is 64.6 Å². The van der Waals surface area contributed by atoms with Crippen LogP contribution in [0.4, 0.5) is 0 Å². The summed E-state index contributed by atoms with van der Waals surface area (Å²) in [6, 6.07) is 0.701. The number of nitrogens with one attached hydrogen (secondary N) is 1. The van der Waals surface area contributed by atoms with Crippen LogP contribution in [0.25, 0.3) is 0 Å². The second-order valence-electron chi connectivity index (χ2n) is 6.62. The van der Waals surface area contributed by atoms with Crippen LogP contribution in [0.15, 0.2) is 0 Å². The van der Waals surface area contributed by atoms with E-state index in [1.807, 2.05) is 0 Å². The molecule has 3 atom stereocenters. The molecule has 116 valence electrons. The molecular formula is C16H31N3O. The summed E-state index contributed by atoms with van der Waals surface area (Å²) in [7, 11) is 0. The second-order valence-corrected chi connectivity index (χ2v) is 6.62. The van der Waals surface area contributed by atoms with E-state index in [1.165, 1.54) is 25.8 Å². The zero-order valence-electron chi connectivity index (χ0n) is 13.2. The molecule has 3 N–H and O–H groups in total. The highest BCUT2D eigenvalue weighted by molar-refractivity contribution is 5.85. The molecule has 3 unspecified atom stereocenters. The molecular weight excluding hydrogens is 250 g/mol. The van der Waals surface area contributed by atoms with Crippen molar-refractivity contribution in [2.45, 2.75) is 70.4 Å². The van der Waals surface area contributed by atoms with Crippen LogP contribution in [0.3, 0.4) is 0 Å².